The maximum atomic E-state index is 5.53. The van der Waals surface area contributed by atoms with Crippen molar-refractivity contribution in [2.75, 3.05) is 0 Å². The highest BCUT2D eigenvalue weighted by atomic mass is 79.9. The third-order valence-corrected chi connectivity index (χ3v) is 2.40. The number of hydrogen-bond donors (Lipinski definition) is 1. The molecule has 2 N–H and O–H groups in total. The van der Waals surface area contributed by atoms with Gasteiger partial charge in [-0.15, -0.1) is 0 Å². The lowest BCUT2D eigenvalue weighted by Gasteiger charge is -2.02. The minimum Gasteiger partial charge on any atom is -0.326 e. The van der Waals surface area contributed by atoms with Gasteiger partial charge in [-0.1, -0.05) is 35.0 Å². The molecule has 1 nitrogen and oxygen atoms in total. The first-order chi connectivity index (χ1) is 5.27. The maximum Gasteiger partial charge on any atom is 0.0220 e. The van der Waals surface area contributed by atoms with E-state index in [9.17, 15) is 0 Å². The Balaban J connectivity index is 3.02. The predicted molar refractivity (Wildman–Crippen MR) is 51.1 cm³/mol. The van der Waals surface area contributed by atoms with Gasteiger partial charge in [0.05, 0.1) is 0 Å². The summed E-state index contributed by atoms with van der Waals surface area (Å²) in [5.74, 6) is 0. The maximum absolute atomic E-state index is 5.53. The van der Waals surface area contributed by atoms with Crippen LogP contribution in [0.3, 0.4) is 0 Å². The van der Waals surface area contributed by atoms with Gasteiger partial charge < -0.3 is 5.73 Å². The molecule has 0 saturated heterocycles. The molecule has 0 aliphatic heterocycles. The van der Waals surface area contributed by atoms with Crippen molar-refractivity contribution in [3.63, 3.8) is 0 Å². The van der Waals surface area contributed by atoms with Gasteiger partial charge in [0.2, 0.25) is 0 Å². The Kier molecular flexibility index (Phi) is 3.09. The first-order valence-electron chi connectivity index (χ1n) is 3.55. The fourth-order valence-corrected chi connectivity index (χ4v) is 1.34. The number of hydrogen-bond acceptors (Lipinski definition) is 1. The molecule has 1 rings (SSSR count). The van der Waals surface area contributed by atoms with Gasteiger partial charge in [0.25, 0.3) is 0 Å². The Labute approximate surface area is 75.7 Å². The van der Waals surface area contributed by atoms with E-state index in [4.69, 9.17) is 5.73 Å². The van der Waals surface area contributed by atoms with Crippen molar-refractivity contribution in [3.8, 4) is 0 Å². The van der Waals surface area contributed by atoms with E-state index in [1.807, 2.05) is 13.0 Å². The van der Waals surface area contributed by atoms with Gasteiger partial charge >= 0.3 is 0 Å². The molecular formula is C9H11BrN. The molecule has 0 aliphatic rings. The van der Waals surface area contributed by atoms with Crippen molar-refractivity contribution in [2.24, 2.45) is 5.73 Å². The van der Waals surface area contributed by atoms with Crippen LogP contribution >= 0.6 is 15.9 Å². The van der Waals surface area contributed by atoms with E-state index in [0.29, 0.717) is 6.54 Å². The standard InChI is InChI=1S/C9H11BrN/c1-2-7-3-4-9(10)8(5-7)6-11/h2-5H,6,11H2,1H3. The second-order valence-corrected chi connectivity index (χ2v) is 3.20. The molecule has 1 radical (unpaired) electrons. The lowest BCUT2D eigenvalue weighted by atomic mass is 10.1. The van der Waals surface area contributed by atoms with Crippen molar-refractivity contribution >= 4 is 15.9 Å². The second-order valence-electron chi connectivity index (χ2n) is 2.34. The number of halogens is 1. The fourth-order valence-electron chi connectivity index (χ4n) is 0.931. The number of benzene rings is 1. The molecule has 2 heteroatoms. The summed E-state index contributed by atoms with van der Waals surface area (Å²) >= 11 is 3.43. The predicted octanol–water partition coefficient (Wildman–Crippen LogP) is 2.48. The minimum atomic E-state index is 0.586. The van der Waals surface area contributed by atoms with Crippen LogP contribution in [0.1, 0.15) is 18.1 Å². The summed E-state index contributed by atoms with van der Waals surface area (Å²) in [7, 11) is 0. The Morgan fingerprint density at radius 3 is 2.82 bits per heavy atom. The van der Waals surface area contributed by atoms with Crippen molar-refractivity contribution in [1.29, 1.82) is 0 Å². The van der Waals surface area contributed by atoms with Crippen LogP contribution in [0.25, 0.3) is 0 Å². The van der Waals surface area contributed by atoms with E-state index >= 15 is 0 Å². The van der Waals surface area contributed by atoms with E-state index in [2.05, 4.69) is 34.5 Å². The Hall–Kier alpha value is -0.340. The Morgan fingerprint density at radius 2 is 2.27 bits per heavy atom. The zero-order valence-corrected chi connectivity index (χ0v) is 8.06. The third-order valence-electron chi connectivity index (χ3n) is 1.62. The quantitative estimate of drug-likeness (QED) is 0.802. The van der Waals surface area contributed by atoms with Crippen molar-refractivity contribution in [1.82, 2.24) is 0 Å². The van der Waals surface area contributed by atoms with Gasteiger partial charge in [0.15, 0.2) is 0 Å². The van der Waals surface area contributed by atoms with Gasteiger partial charge in [-0.3, -0.25) is 0 Å². The van der Waals surface area contributed by atoms with Gasteiger partial charge in [0.1, 0.15) is 0 Å². The molecule has 0 bridgehead atoms. The SMILES string of the molecule is C[CH]c1ccc(Br)c(CN)c1. The van der Waals surface area contributed by atoms with Crippen LogP contribution in [-0.2, 0) is 6.54 Å². The average molecular weight is 213 g/mol. The second kappa shape index (κ2) is 3.88. The van der Waals surface area contributed by atoms with Gasteiger partial charge in [0, 0.05) is 11.0 Å². The van der Waals surface area contributed by atoms with E-state index < -0.39 is 0 Å². The van der Waals surface area contributed by atoms with E-state index in [-0.39, 0.29) is 0 Å². The molecule has 0 unspecified atom stereocenters. The normalized spacial score (nSPS) is 10.1. The molecule has 0 saturated carbocycles. The topological polar surface area (TPSA) is 26.0 Å². The van der Waals surface area contributed by atoms with Crippen LogP contribution in [0.5, 0.6) is 0 Å². The molecule has 0 aromatic heterocycles. The van der Waals surface area contributed by atoms with Crippen LogP contribution in [0.15, 0.2) is 22.7 Å². The fraction of sp³-hybridized carbons (Fsp3) is 0.222. The highest BCUT2D eigenvalue weighted by Gasteiger charge is 1.97. The first-order valence-corrected chi connectivity index (χ1v) is 4.35. The molecule has 1 aromatic carbocycles. The van der Waals surface area contributed by atoms with E-state index in [1.165, 1.54) is 5.56 Å². The third kappa shape index (κ3) is 2.04. The summed E-state index contributed by atoms with van der Waals surface area (Å²) in [5, 5.41) is 0. The Bertz CT molecular complexity index is 245. The molecule has 0 atom stereocenters. The summed E-state index contributed by atoms with van der Waals surface area (Å²) in [4.78, 5) is 0. The van der Waals surface area contributed by atoms with Crippen LogP contribution in [0, 0.1) is 6.42 Å². The largest absolute Gasteiger partial charge is 0.326 e. The van der Waals surface area contributed by atoms with E-state index in [0.717, 1.165) is 10.0 Å². The molecule has 0 fully saturated rings. The number of rotatable bonds is 2. The van der Waals surface area contributed by atoms with E-state index in [1.54, 1.807) is 0 Å². The summed E-state index contributed by atoms with van der Waals surface area (Å²) in [5.41, 5.74) is 7.90. The monoisotopic (exact) mass is 212 g/mol. The minimum absolute atomic E-state index is 0.586. The molecule has 0 aliphatic carbocycles. The smallest absolute Gasteiger partial charge is 0.0220 e. The number of nitrogens with two attached hydrogens (primary N) is 1. The van der Waals surface area contributed by atoms with Crippen LogP contribution in [0.4, 0.5) is 0 Å². The van der Waals surface area contributed by atoms with Crippen molar-refractivity contribution in [2.45, 2.75) is 13.5 Å². The van der Waals surface area contributed by atoms with Gasteiger partial charge in [-0.2, -0.15) is 0 Å². The molecule has 0 spiro atoms. The molecule has 59 valence electrons. The molecular weight excluding hydrogens is 202 g/mol. The molecule has 0 heterocycles. The summed E-state index contributed by atoms with van der Waals surface area (Å²) in [6.45, 7) is 2.60. The van der Waals surface area contributed by atoms with Crippen LogP contribution < -0.4 is 5.73 Å². The first kappa shape index (κ1) is 8.75. The summed E-state index contributed by atoms with van der Waals surface area (Å²) in [6.07, 6.45) is 2.06. The summed E-state index contributed by atoms with van der Waals surface area (Å²) in [6, 6.07) is 6.17. The van der Waals surface area contributed by atoms with Gasteiger partial charge in [-0.25, -0.2) is 0 Å². The molecule has 11 heavy (non-hydrogen) atoms. The van der Waals surface area contributed by atoms with Crippen molar-refractivity contribution in [3.05, 3.63) is 40.2 Å². The van der Waals surface area contributed by atoms with Crippen molar-refractivity contribution < 1.29 is 0 Å². The lowest BCUT2D eigenvalue weighted by molar-refractivity contribution is 1.06. The molecule has 1 aromatic rings. The zero-order chi connectivity index (χ0) is 8.27. The average Bonchev–Trinajstić information content (AvgIpc) is 2.05. The van der Waals surface area contributed by atoms with Crippen LogP contribution in [-0.4, -0.2) is 0 Å². The Morgan fingerprint density at radius 1 is 1.55 bits per heavy atom. The van der Waals surface area contributed by atoms with Gasteiger partial charge in [-0.05, 0) is 23.6 Å². The molecule has 0 amide bonds. The highest BCUT2D eigenvalue weighted by Crippen LogP contribution is 2.18. The van der Waals surface area contributed by atoms with Crippen LogP contribution in [0.2, 0.25) is 0 Å². The lowest BCUT2D eigenvalue weighted by Crippen LogP contribution is -1.97. The highest BCUT2D eigenvalue weighted by molar-refractivity contribution is 9.10. The zero-order valence-electron chi connectivity index (χ0n) is 6.47. The summed E-state index contributed by atoms with van der Waals surface area (Å²) < 4.78 is 1.09.